The molecule has 0 bridgehead atoms. The third-order valence-corrected chi connectivity index (χ3v) is 5.66. The van der Waals surface area contributed by atoms with Gasteiger partial charge in [0.25, 0.3) is 5.91 Å². The summed E-state index contributed by atoms with van der Waals surface area (Å²) >= 11 is 1.40. The van der Waals surface area contributed by atoms with E-state index in [4.69, 9.17) is 0 Å². The van der Waals surface area contributed by atoms with Crippen LogP contribution in [0.4, 0.5) is 4.39 Å². The van der Waals surface area contributed by atoms with Crippen molar-refractivity contribution >= 4 is 23.2 Å². The first-order chi connectivity index (χ1) is 12.6. The van der Waals surface area contributed by atoms with Gasteiger partial charge in [0, 0.05) is 25.6 Å². The molecule has 2 amide bonds. The van der Waals surface area contributed by atoms with E-state index in [2.05, 4.69) is 12.2 Å². The monoisotopic (exact) mass is 374 g/mol. The van der Waals surface area contributed by atoms with Crippen LogP contribution < -0.4 is 5.32 Å². The van der Waals surface area contributed by atoms with Crippen molar-refractivity contribution in [3.63, 3.8) is 0 Å². The smallest absolute Gasteiger partial charge is 0.263 e. The number of nitrogens with zero attached hydrogens (tertiary/aromatic N) is 1. The number of halogens is 1. The van der Waals surface area contributed by atoms with Gasteiger partial charge in [-0.05, 0) is 35.6 Å². The molecule has 1 saturated heterocycles. The summed E-state index contributed by atoms with van der Waals surface area (Å²) in [6, 6.07) is 9.89. The van der Waals surface area contributed by atoms with Crippen molar-refractivity contribution < 1.29 is 14.0 Å². The molecular formula is C20H23FN2O2S. The van der Waals surface area contributed by atoms with Gasteiger partial charge < -0.3 is 10.2 Å². The molecule has 2 aromatic rings. The van der Waals surface area contributed by atoms with Crippen LogP contribution in [-0.4, -0.2) is 36.3 Å². The van der Waals surface area contributed by atoms with Crippen LogP contribution in [0.2, 0.25) is 0 Å². The highest BCUT2D eigenvalue weighted by Crippen LogP contribution is 2.34. The lowest BCUT2D eigenvalue weighted by atomic mass is 9.88. The Balaban J connectivity index is 1.79. The summed E-state index contributed by atoms with van der Waals surface area (Å²) in [4.78, 5) is 27.8. The van der Waals surface area contributed by atoms with Crippen molar-refractivity contribution in [1.29, 1.82) is 0 Å². The second-order valence-corrected chi connectivity index (χ2v) is 7.54. The van der Waals surface area contributed by atoms with E-state index in [1.807, 2.05) is 11.4 Å². The molecule has 1 aromatic carbocycles. The third kappa shape index (κ3) is 4.12. The van der Waals surface area contributed by atoms with E-state index in [0.29, 0.717) is 24.5 Å². The first-order valence-corrected chi connectivity index (χ1v) is 9.84. The molecule has 6 heteroatoms. The summed E-state index contributed by atoms with van der Waals surface area (Å²) in [5, 5.41) is 4.85. The van der Waals surface area contributed by atoms with Crippen molar-refractivity contribution in [3.8, 4) is 0 Å². The van der Waals surface area contributed by atoms with Gasteiger partial charge in [0.1, 0.15) is 5.82 Å². The number of hydrogen-bond donors (Lipinski definition) is 1. The van der Waals surface area contributed by atoms with E-state index >= 15 is 0 Å². The van der Waals surface area contributed by atoms with Gasteiger partial charge in [0.15, 0.2) is 0 Å². The molecule has 4 nitrogen and oxygen atoms in total. The topological polar surface area (TPSA) is 49.4 Å². The van der Waals surface area contributed by atoms with Crippen molar-refractivity contribution in [1.82, 2.24) is 10.2 Å². The number of amides is 2. The van der Waals surface area contributed by atoms with Gasteiger partial charge in [-0.2, -0.15) is 0 Å². The molecule has 0 saturated carbocycles. The molecule has 3 rings (SSSR count). The summed E-state index contributed by atoms with van der Waals surface area (Å²) in [6.45, 7) is 3.57. The summed E-state index contributed by atoms with van der Waals surface area (Å²) in [6.07, 6.45) is 1.94. The van der Waals surface area contributed by atoms with Gasteiger partial charge >= 0.3 is 0 Å². The molecule has 138 valence electrons. The third-order valence-electron chi connectivity index (χ3n) is 4.80. The Kier molecular flexibility index (Phi) is 6.04. The fourth-order valence-corrected chi connectivity index (χ4v) is 4.05. The minimum atomic E-state index is -0.318. The largest absolute Gasteiger partial charge is 0.356 e. The average molecular weight is 374 g/mol. The maximum absolute atomic E-state index is 13.3. The van der Waals surface area contributed by atoms with Gasteiger partial charge in [-0.3, -0.25) is 9.59 Å². The van der Waals surface area contributed by atoms with Gasteiger partial charge in [0.05, 0.1) is 10.8 Å². The van der Waals surface area contributed by atoms with Crippen molar-refractivity contribution in [2.45, 2.75) is 25.7 Å². The van der Waals surface area contributed by atoms with Crippen LogP contribution in [0, 0.1) is 11.7 Å². The van der Waals surface area contributed by atoms with E-state index in [1.54, 1.807) is 23.1 Å². The zero-order valence-electron chi connectivity index (χ0n) is 14.8. The highest BCUT2D eigenvalue weighted by atomic mass is 32.1. The second-order valence-electron chi connectivity index (χ2n) is 6.60. The van der Waals surface area contributed by atoms with Crippen LogP contribution in [0.5, 0.6) is 0 Å². The predicted octanol–water partition coefficient (Wildman–Crippen LogP) is 3.66. The standard InChI is InChI=1S/C20H23FN2O2S/c1-2-3-10-22-19(24)17-13-23(20(25)18-5-4-11-26-18)12-16(17)14-6-8-15(21)9-7-14/h4-9,11,16-17H,2-3,10,12-13H2,1H3,(H,22,24). The lowest BCUT2D eigenvalue weighted by molar-refractivity contribution is -0.124. The van der Waals surface area contributed by atoms with E-state index in [9.17, 15) is 14.0 Å². The minimum Gasteiger partial charge on any atom is -0.356 e. The molecule has 1 fully saturated rings. The van der Waals surface area contributed by atoms with Crippen molar-refractivity contribution in [3.05, 3.63) is 58.0 Å². The second kappa shape index (κ2) is 8.45. The zero-order chi connectivity index (χ0) is 18.5. The number of hydrogen-bond acceptors (Lipinski definition) is 3. The molecule has 2 heterocycles. The number of benzene rings is 1. The van der Waals surface area contributed by atoms with E-state index < -0.39 is 0 Å². The Hall–Kier alpha value is -2.21. The highest BCUT2D eigenvalue weighted by Gasteiger charge is 2.40. The molecule has 1 aromatic heterocycles. The van der Waals surface area contributed by atoms with Crippen LogP contribution >= 0.6 is 11.3 Å². The van der Waals surface area contributed by atoms with E-state index in [-0.39, 0.29) is 29.5 Å². The SMILES string of the molecule is CCCCNC(=O)C1CN(C(=O)c2cccs2)CC1c1ccc(F)cc1. The Labute approximate surface area is 157 Å². The molecule has 0 spiro atoms. The van der Waals surface area contributed by atoms with E-state index in [0.717, 1.165) is 18.4 Å². The van der Waals surface area contributed by atoms with Crippen molar-refractivity contribution in [2.75, 3.05) is 19.6 Å². The number of thiophene rings is 1. The van der Waals surface area contributed by atoms with Gasteiger partial charge in [-0.15, -0.1) is 11.3 Å². The molecule has 0 aliphatic carbocycles. The molecule has 2 unspecified atom stereocenters. The quantitative estimate of drug-likeness (QED) is 0.785. The zero-order valence-corrected chi connectivity index (χ0v) is 15.6. The summed E-state index contributed by atoms with van der Waals surface area (Å²) in [5.74, 6) is -0.824. The molecule has 2 atom stereocenters. The number of carbonyl (C=O) groups excluding carboxylic acids is 2. The van der Waals surface area contributed by atoms with Crippen LogP contribution in [0.3, 0.4) is 0 Å². The number of nitrogens with one attached hydrogen (secondary N) is 1. The maximum atomic E-state index is 13.3. The van der Waals surface area contributed by atoms with E-state index in [1.165, 1.54) is 23.5 Å². The predicted molar refractivity (Wildman–Crippen MR) is 101 cm³/mol. The normalized spacial score (nSPS) is 19.5. The van der Waals surface area contributed by atoms with Gasteiger partial charge in [0.2, 0.25) is 5.91 Å². The van der Waals surface area contributed by atoms with Crippen molar-refractivity contribution in [2.24, 2.45) is 5.92 Å². The first-order valence-electron chi connectivity index (χ1n) is 8.96. The fourth-order valence-electron chi connectivity index (χ4n) is 3.36. The summed E-state index contributed by atoms with van der Waals surface area (Å²) < 4.78 is 13.3. The number of carbonyl (C=O) groups is 2. The lowest BCUT2D eigenvalue weighted by Crippen LogP contribution is -2.36. The van der Waals surface area contributed by atoms with Crippen LogP contribution in [0.15, 0.2) is 41.8 Å². The number of rotatable bonds is 6. The maximum Gasteiger partial charge on any atom is 0.263 e. The Morgan fingerprint density at radius 3 is 2.65 bits per heavy atom. The first kappa shape index (κ1) is 18.6. The van der Waals surface area contributed by atoms with Crippen LogP contribution in [0.25, 0.3) is 0 Å². The van der Waals surface area contributed by atoms with Crippen LogP contribution in [0.1, 0.15) is 40.9 Å². The molecule has 1 aliphatic rings. The lowest BCUT2D eigenvalue weighted by Gasteiger charge is -2.18. The molecule has 26 heavy (non-hydrogen) atoms. The molecule has 1 aliphatic heterocycles. The summed E-state index contributed by atoms with van der Waals surface area (Å²) in [7, 11) is 0. The minimum absolute atomic E-state index is 0.0331. The number of unbranched alkanes of at least 4 members (excludes halogenated alkanes) is 1. The van der Waals surface area contributed by atoms with Gasteiger partial charge in [-0.1, -0.05) is 31.5 Å². The number of likely N-dealkylation sites (tertiary alicyclic amines) is 1. The van der Waals surface area contributed by atoms with Gasteiger partial charge in [-0.25, -0.2) is 4.39 Å². The van der Waals surface area contributed by atoms with Crippen LogP contribution in [-0.2, 0) is 4.79 Å². The Morgan fingerprint density at radius 1 is 1.23 bits per heavy atom. The summed E-state index contributed by atoms with van der Waals surface area (Å²) in [5.41, 5.74) is 0.892. The molecule has 0 radical (unpaired) electrons. The Bertz CT molecular complexity index is 746. The molecular weight excluding hydrogens is 351 g/mol. The highest BCUT2D eigenvalue weighted by molar-refractivity contribution is 7.12. The molecule has 1 N–H and O–H groups in total. The Morgan fingerprint density at radius 2 is 2.00 bits per heavy atom. The fraction of sp³-hybridized carbons (Fsp3) is 0.400. The average Bonchev–Trinajstić information content (AvgIpc) is 3.32.